The number of aromatic amines is 1. The fourth-order valence-electron chi connectivity index (χ4n) is 3.89. The van der Waals surface area contributed by atoms with Crippen LogP contribution in [0.5, 0.6) is 0 Å². The molecule has 1 saturated heterocycles. The molecule has 1 aliphatic rings. The van der Waals surface area contributed by atoms with E-state index in [2.05, 4.69) is 41.4 Å². The number of nitrogens with zero attached hydrogens (tertiary/aromatic N) is 3. The highest BCUT2D eigenvalue weighted by molar-refractivity contribution is 7.71. The maximum absolute atomic E-state index is 12.9. The van der Waals surface area contributed by atoms with Crippen molar-refractivity contribution in [2.75, 3.05) is 13.1 Å². The molecule has 0 spiro atoms. The second kappa shape index (κ2) is 9.05. The van der Waals surface area contributed by atoms with E-state index >= 15 is 0 Å². The van der Waals surface area contributed by atoms with E-state index in [1.54, 1.807) is 11.3 Å². The van der Waals surface area contributed by atoms with Gasteiger partial charge in [0, 0.05) is 13.1 Å². The van der Waals surface area contributed by atoms with Crippen molar-refractivity contribution < 1.29 is 4.79 Å². The normalized spacial score (nSPS) is 15.0. The largest absolute Gasteiger partial charge is 0.341 e. The van der Waals surface area contributed by atoms with Crippen molar-refractivity contribution in [3.63, 3.8) is 0 Å². The minimum Gasteiger partial charge on any atom is -0.341 e. The van der Waals surface area contributed by atoms with Gasteiger partial charge in [0.25, 0.3) is 0 Å². The Kier molecular flexibility index (Phi) is 6.25. The van der Waals surface area contributed by atoms with E-state index in [-0.39, 0.29) is 12.5 Å². The third-order valence-corrected chi connectivity index (χ3v) is 6.90. The van der Waals surface area contributed by atoms with Crippen LogP contribution in [0.15, 0.2) is 41.8 Å². The van der Waals surface area contributed by atoms with Gasteiger partial charge in [-0.15, -0.1) is 11.3 Å². The van der Waals surface area contributed by atoms with Crippen LogP contribution in [-0.2, 0) is 17.8 Å². The van der Waals surface area contributed by atoms with E-state index in [0.717, 1.165) is 43.1 Å². The third-order valence-electron chi connectivity index (χ3n) is 5.72. The molecule has 1 aliphatic heterocycles. The van der Waals surface area contributed by atoms with E-state index in [1.807, 2.05) is 27.0 Å². The average Bonchev–Trinajstić information content (AvgIpc) is 3.38. The standard InChI is InChI=1S/C22H26N4OS2/c1-16-4-6-17(7-5-16)8-9-18-10-12-25(13-11-18)20(27)15-26-21(23-24-22(26)28)19-3-2-14-29-19/h2-7,14,18H,8-13,15H2,1H3,(H,24,28). The van der Waals surface area contributed by atoms with Crippen molar-refractivity contribution in [3.8, 4) is 10.7 Å². The summed E-state index contributed by atoms with van der Waals surface area (Å²) in [5, 5.41) is 9.14. The summed E-state index contributed by atoms with van der Waals surface area (Å²) in [4.78, 5) is 15.9. The van der Waals surface area contributed by atoms with Gasteiger partial charge in [0.15, 0.2) is 10.6 Å². The molecule has 0 saturated carbocycles. The summed E-state index contributed by atoms with van der Waals surface area (Å²) in [6, 6.07) is 12.8. The average molecular weight is 427 g/mol. The summed E-state index contributed by atoms with van der Waals surface area (Å²) in [5.41, 5.74) is 2.71. The van der Waals surface area contributed by atoms with Crippen LogP contribution in [0.4, 0.5) is 0 Å². The minimum absolute atomic E-state index is 0.122. The maximum Gasteiger partial charge on any atom is 0.242 e. The van der Waals surface area contributed by atoms with Gasteiger partial charge < -0.3 is 4.90 Å². The molecule has 0 radical (unpaired) electrons. The molecular formula is C22H26N4OS2. The molecule has 0 unspecified atom stereocenters. The summed E-state index contributed by atoms with van der Waals surface area (Å²) in [7, 11) is 0. The molecule has 1 N–H and O–H groups in total. The maximum atomic E-state index is 12.9. The number of amides is 1. The number of carbonyl (C=O) groups excluding carboxylic acids is 1. The Bertz CT molecular complexity index is 996. The van der Waals surface area contributed by atoms with Crippen LogP contribution in [0.2, 0.25) is 0 Å². The molecule has 5 nitrogen and oxygen atoms in total. The number of hydrogen-bond acceptors (Lipinski definition) is 4. The zero-order valence-electron chi connectivity index (χ0n) is 16.6. The number of piperidine rings is 1. The number of aromatic nitrogens is 3. The van der Waals surface area contributed by atoms with Gasteiger partial charge in [-0.05, 0) is 67.8 Å². The molecule has 0 bridgehead atoms. The summed E-state index contributed by atoms with van der Waals surface area (Å²) >= 11 is 6.95. The Hall–Kier alpha value is -2.25. The second-order valence-corrected chi connectivity index (χ2v) is 9.10. The Morgan fingerprint density at radius 2 is 2.00 bits per heavy atom. The lowest BCUT2D eigenvalue weighted by molar-refractivity contribution is -0.133. The van der Waals surface area contributed by atoms with Crippen molar-refractivity contribution in [3.05, 3.63) is 57.7 Å². The van der Waals surface area contributed by atoms with Gasteiger partial charge >= 0.3 is 0 Å². The minimum atomic E-state index is 0.122. The van der Waals surface area contributed by atoms with Gasteiger partial charge in [-0.3, -0.25) is 14.5 Å². The summed E-state index contributed by atoms with van der Waals surface area (Å²) in [5.74, 6) is 1.56. The molecule has 4 rings (SSSR count). The zero-order chi connectivity index (χ0) is 20.2. The molecule has 3 heterocycles. The predicted molar refractivity (Wildman–Crippen MR) is 120 cm³/mol. The number of nitrogens with one attached hydrogen (secondary N) is 1. The van der Waals surface area contributed by atoms with Gasteiger partial charge in [0.2, 0.25) is 5.91 Å². The zero-order valence-corrected chi connectivity index (χ0v) is 18.3. The van der Waals surface area contributed by atoms with E-state index in [0.29, 0.717) is 10.7 Å². The van der Waals surface area contributed by atoms with Crippen LogP contribution in [0.25, 0.3) is 10.7 Å². The van der Waals surface area contributed by atoms with Crippen LogP contribution < -0.4 is 0 Å². The molecule has 3 aromatic rings. The van der Waals surface area contributed by atoms with Crippen LogP contribution in [0, 0.1) is 17.6 Å². The van der Waals surface area contributed by atoms with Crippen LogP contribution in [0.3, 0.4) is 0 Å². The van der Waals surface area contributed by atoms with E-state index in [9.17, 15) is 4.79 Å². The summed E-state index contributed by atoms with van der Waals surface area (Å²) in [6.07, 6.45) is 4.46. The highest BCUT2D eigenvalue weighted by Crippen LogP contribution is 2.25. The van der Waals surface area contributed by atoms with Crippen molar-refractivity contribution in [1.82, 2.24) is 19.7 Å². The monoisotopic (exact) mass is 426 g/mol. The lowest BCUT2D eigenvalue weighted by Crippen LogP contribution is -2.40. The number of aryl methyl sites for hydroxylation is 2. The van der Waals surface area contributed by atoms with Crippen molar-refractivity contribution in [2.45, 2.75) is 39.2 Å². The van der Waals surface area contributed by atoms with Crippen LogP contribution >= 0.6 is 23.6 Å². The first kappa shape index (κ1) is 20.0. The quantitative estimate of drug-likeness (QED) is 0.573. The first-order valence-electron chi connectivity index (χ1n) is 10.1. The van der Waals surface area contributed by atoms with Crippen LogP contribution in [0.1, 0.15) is 30.4 Å². The van der Waals surface area contributed by atoms with E-state index < -0.39 is 0 Å². The number of H-pyrrole nitrogens is 1. The Morgan fingerprint density at radius 3 is 2.69 bits per heavy atom. The summed E-state index contributed by atoms with van der Waals surface area (Å²) in [6.45, 7) is 4.03. The lowest BCUT2D eigenvalue weighted by Gasteiger charge is -2.32. The number of thiophene rings is 1. The van der Waals surface area contributed by atoms with Gasteiger partial charge in [0.1, 0.15) is 6.54 Å². The van der Waals surface area contributed by atoms with E-state index in [4.69, 9.17) is 12.2 Å². The smallest absolute Gasteiger partial charge is 0.242 e. The second-order valence-electron chi connectivity index (χ2n) is 7.76. The van der Waals surface area contributed by atoms with Gasteiger partial charge in [-0.1, -0.05) is 35.9 Å². The number of benzene rings is 1. The van der Waals surface area contributed by atoms with Crippen molar-refractivity contribution in [1.29, 1.82) is 0 Å². The number of likely N-dealkylation sites (tertiary alicyclic amines) is 1. The number of carbonyl (C=O) groups is 1. The molecule has 152 valence electrons. The molecule has 1 aromatic carbocycles. The number of hydrogen-bond donors (Lipinski definition) is 1. The van der Waals surface area contributed by atoms with Crippen LogP contribution in [-0.4, -0.2) is 38.7 Å². The Labute approximate surface area is 180 Å². The van der Waals surface area contributed by atoms with Gasteiger partial charge in [-0.25, -0.2) is 0 Å². The topological polar surface area (TPSA) is 53.9 Å². The molecule has 1 fully saturated rings. The van der Waals surface area contributed by atoms with Gasteiger partial charge in [-0.2, -0.15) is 5.10 Å². The fraction of sp³-hybridized carbons (Fsp3) is 0.409. The van der Waals surface area contributed by atoms with Gasteiger partial charge in [0.05, 0.1) is 4.88 Å². The molecule has 0 atom stereocenters. The number of rotatable bonds is 6. The Balaban J connectivity index is 1.30. The first-order chi connectivity index (χ1) is 14.1. The summed E-state index contributed by atoms with van der Waals surface area (Å²) < 4.78 is 2.31. The highest BCUT2D eigenvalue weighted by atomic mass is 32.1. The van der Waals surface area contributed by atoms with Crippen molar-refractivity contribution >= 4 is 29.5 Å². The third kappa shape index (κ3) is 4.85. The first-order valence-corrected chi connectivity index (χ1v) is 11.4. The molecule has 1 amide bonds. The molecular weight excluding hydrogens is 400 g/mol. The Morgan fingerprint density at radius 1 is 1.24 bits per heavy atom. The molecule has 0 aliphatic carbocycles. The highest BCUT2D eigenvalue weighted by Gasteiger charge is 2.24. The molecule has 2 aromatic heterocycles. The molecule has 7 heteroatoms. The molecule has 29 heavy (non-hydrogen) atoms. The SMILES string of the molecule is Cc1ccc(CCC2CCN(C(=O)Cn3c(-c4cccs4)n[nH]c3=S)CC2)cc1. The van der Waals surface area contributed by atoms with Crippen molar-refractivity contribution in [2.24, 2.45) is 5.92 Å². The lowest BCUT2D eigenvalue weighted by atomic mass is 9.90. The predicted octanol–water partition coefficient (Wildman–Crippen LogP) is 4.85. The van der Waals surface area contributed by atoms with E-state index in [1.165, 1.54) is 17.5 Å². The fourth-order valence-corrected chi connectivity index (χ4v) is 4.81.